The predicted molar refractivity (Wildman–Crippen MR) is 107 cm³/mol. The molecule has 0 unspecified atom stereocenters. The van der Waals surface area contributed by atoms with E-state index in [1.165, 1.54) is 23.7 Å². The van der Waals surface area contributed by atoms with Crippen molar-refractivity contribution in [2.24, 2.45) is 0 Å². The van der Waals surface area contributed by atoms with Gasteiger partial charge in [0, 0.05) is 11.8 Å². The van der Waals surface area contributed by atoms with Crippen LogP contribution in [0, 0.1) is 19.7 Å². The van der Waals surface area contributed by atoms with Gasteiger partial charge in [-0.3, -0.25) is 5.10 Å². The fraction of sp³-hybridized carbons (Fsp3) is 0.100. The molecule has 5 aromatic rings. The molecule has 1 aromatic carbocycles. The van der Waals surface area contributed by atoms with Gasteiger partial charge in [0.15, 0.2) is 5.82 Å². The molecule has 0 saturated heterocycles. The second-order valence-corrected chi connectivity index (χ2v) is 7.50. The minimum absolute atomic E-state index is 0.320. The Labute approximate surface area is 163 Å². The van der Waals surface area contributed by atoms with Crippen LogP contribution in [0.5, 0.6) is 0 Å². The third kappa shape index (κ3) is 2.61. The quantitative estimate of drug-likeness (QED) is 0.486. The van der Waals surface area contributed by atoms with E-state index in [-0.39, 0.29) is 5.82 Å². The molecule has 0 aliphatic carbocycles. The first kappa shape index (κ1) is 16.8. The molecule has 1 N–H and O–H groups in total. The van der Waals surface area contributed by atoms with Gasteiger partial charge in [0.1, 0.15) is 17.2 Å². The van der Waals surface area contributed by atoms with E-state index < -0.39 is 0 Å². The summed E-state index contributed by atoms with van der Waals surface area (Å²) in [5.74, 6) is 0.244. The summed E-state index contributed by atoms with van der Waals surface area (Å²) in [6.07, 6.45) is 3.34. The second kappa shape index (κ2) is 6.35. The van der Waals surface area contributed by atoms with Crippen LogP contribution in [-0.2, 0) is 0 Å². The van der Waals surface area contributed by atoms with Gasteiger partial charge in [-0.2, -0.15) is 10.2 Å². The van der Waals surface area contributed by atoms with Gasteiger partial charge >= 0.3 is 0 Å². The number of rotatable bonds is 3. The highest BCUT2D eigenvalue weighted by molar-refractivity contribution is 7.19. The SMILES string of the molecule is Cc1ccc(F)c(-c2nc(-c3c(C)nn4ccccc34)sc2-c2ncn[nH]2)c1. The molecule has 0 amide bonds. The Bertz CT molecular complexity index is 1300. The fourth-order valence-electron chi connectivity index (χ4n) is 3.29. The van der Waals surface area contributed by atoms with Crippen molar-refractivity contribution in [2.75, 3.05) is 0 Å². The van der Waals surface area contributed by atoms with Crippen LogP contribution < -0.4 is 0 Å². The average Bonchev–Trinajstić information content (AvgIpc) is 3.40. The minimum Gasteiger partial charge on any atom is -0.259 e. The molecular weight excluding hydrogens is 375 g/mol. The summed E-state index contributed by atoms with van der Waals surface area (Å²) in [6, 6.07) is 10.9. The molecule has 28 heavy (non-hydrogen) atoms. The van der Waals surface area contributed by atoms with Gasteiger partial charge in [-0.25, -0.2) is 18.9 Å². The second-order valence-electron chi connectivity index (χ2n) is 6.50. The third-order valence-corrected chi connectivity index (χ3v) is 5.64. The summed E-state index contributed by atoms with van der Waals surface area (Å²) < 4.78 is 16.5. The van der Waals surface area contributed by atoms with Crippen LogP contribution in [0.15, 0.2) is 48.9 Å². The maximum absolute atomic E-state index is 14.7. The standard InChI is InChI=1S/C20H15FN6S/c1-11-6-7-14(21)13(9-11)17-18(19-22-10-23-25-19)28-20(24-17)16-12(2)26-27-8-4-3-5-15(16)27/h3-10H,1-2H3,(H,22,23,25). The lowest BCUT2D eigenvalue weighted by atomic mass is 10.1. The summed E-state index contributed by atoms with van der Waals surface area (Å²) >= 11 is 1.45. The lowest BCUT2D eigenvalue weighted by Crippen LogP contribution is -1.90. The monoisotopic (exact) mass is 390 g/mol. The topological polar surface area (TPSA) is 71.8 Å². The maximum atomic E-state index is 14.7. The largest absolute Gasteiger partial charge is 0.259 e. The molecule has 0 radical (unpaired) electrons. The number of aromatic amines is 1. The van der Waals surface area contributed by atoms with Crippen LogP contribution in [0.4, 0.5) is 4.39 Å². The van der Waals surface area contributed by atoms with Gasteiger partial charge in [-0.15, -0.1) is 11.3 Å². The molecule has 0 fully saturated rings. The number of halogens is 1. The Kier molecular flexibility index (Phi) is 3.80. The number of pyridine rings is 1. The lowest BCUT2D eigenvalue weighted by Gasteiger charge is -2.03. The summed E-state index contributed by atoms with van der Waals surface area (Å²) in [6.45, 7) is 3.88. The van der Waals surface area contributed by atoms with Crippen molar-refractivity contribution < 1.29 is 4.39 Å². The summed E-state index contributed by atoms with van der Waals surface area (Å²) in [4.78, 5) is 9.84. The van der Waals surface area contributed by atoms with Crippen molar-refractivity contribution >= 4 is 16.9 Å². The molecule has 0 atom stereocenters. The lowest BCUT2D eigenvalue weighted by molar-refractivity contribution is 0.630. The zero-order chi connectivity index (χ0) is 19.3. The van der Waals surface area contributed by atoms with Gasteiger partial charge < -0.3 is 0 Å². The fourth-order valence-corrected chi connectivity index (χ4v) is 4.42. The van der Waals surface area contributed by atoms with E-state index in [1.54, 1.807) is 12.1 Å². The predicted octanol–water partition coefficient (Wildman–Crippen LogP) is 4.67. The molecule has 138 valence electrons. The van der Waals surface area contributed by atoms with Gasteiger partial charge in [-0.1, -0.05) is 17.7 Å². The van der Waals surface area contributed by atoms with Gasteiger partial charge in [0.05, 0.1) is 27.3 Å². The van der Waals surface area contributed by atoms with Crippen LogP contribution in [0.2, 0.25) is 0 Å². The van der Waals surface area contributed by atoms with E-state index in [0.717, 1.165) is 32.2 Å². The van der Waals surface area contributed by atoms with E-state index in [2.05, 4.69) is 20.3 Å². The number of hydrogen-bond donors (Lipinski definition) is 1. The van der Waals surface area contributed by atoms with E-state index in [4.69, 9.17) is 4.98 Å². The molecule has 0 bridgehead atoms. The highest BCUT2D eigenvalue weighted by Gasteiger charge is 2.23. The normalized spacial score (nSPS) is 11.4. The van der Waals surface area contributed by atoms with Gasteiger partial charge in [-0.05, 0) is 38.1 Å². The van der Waals surface area contributed by atoms with Crippen molar-refractivity contribution in [1.82, 2.24) is 29.8 Å². The number of H-pyrrole nitrogens is 1. The van der Waals surface area contributed by atoms with E-state index in [9.17, 15) is 4.39 Å². The number of hydrogen-bond acceptors (Lipinski definition) is 5. The number of thiazole rings is 1. The van der Waals surface area contributed by atoms with Crippen LogP contribution in [0.3, 0.4) is 0 Å². The van der Waals surface area contributed by atoms with E-state index in [0.29, 0.717) is 17.1 Å². The Morgan fingerprint density at radius 3 is 2.86 bits per heavy atom. The Hall–Kier alpha value is -3.39. The molecule has 0 aliphatic rings. The summed E-state index contributed by atoms with van der Waals surface area (Å²) in [5, 5.41) is 12.2. The first-order chi connectivity index (χ1) is 13.6. The van der Waals surface area contributed by atoms with Crippen LogP contribution in [0.1, 0.15) is 11.3 Å². The van der Waals surface area contributed by atoms with Crippen molar-refractivity contribution in [1.29, 1.82) is 0 Å². The average molecular weight is 390 g/mol. The van der Waals surface area contributed by atoms with Crippen LogP contribution in [0.25, 0.3) is 38.0 Å². The number of nitrogens with one attached hydrogen (secondary N) is 1. The first-order valence-corrected chi connectivity index (χ1v) is 9.51. The number of nitrogens with zero attached hydrogens (tertiary/aromatic N) is 5. The first-order valence-electron chi connectivity index (χ1n) is 8.69. The third-order valence-electron chi connectivity index (χ3n) is 4.56. The van der Waals surface area contributed by atoms with Crippen molar-refractivity contribution in [2.45, 2.75) is 13.8 Å². The molecule has 6 nitrogen and oxygen atoms in total. The highest BCUT2D eigenvalue weighted by Crippen LogP contribution is 2.42. The minimum atomic E-state index is -0.320. The smallest absolute Gasteiger partial charge is 0.167 e. The molecule has 8 heteroatoms. The van der Waals surface area contributed by atoms with E-state index in [1.807, 2.05) is 42.8 Å². The highest BCUT2D eigenvalue weighted by atomic mass is 32.1. The number of benzene rings is 1. The molecule has 4 heterocycles. The Morgan fingerprint density at radius 1 is 1.14 bits per heavy atom. The molecule has 0 spiro atoms. The maximum Gasteiger partial charge on any atom is 0.167 e. The molecule has 5 rings (SSSR count). The Morgan fingerprint density at radius 2 is 2.04 bits per heavy atom. The zero-order valence-corrected chi connectivity index (χ0v) is 16.0. The van der Waals surface area contributed by atoms with Crippen molar-refractivity contribution in [3.05, 3.63) is 66.0 Å². The van der Waals surface area contributed by atoms with Crippen LogP contribution in [-0.4, -0.2) is 29.8 Å². The zero-order valence-electron chi connectivity index (χ0n) is 15.1. The van der Waals surface area contributed by atoms with E-state index >= 15 is 0 Å². The van der Waals surface area contributed by atoms with Gasteiger partial charge in [0.25, 0.3) is 0 Å². The molecular formula is C20H15FN6S. The van der Waals surface area contributed by atoms with Crippen molar-refractivity contribution in [3.63, 3.8) is 0 Å². The van der Waals surface area contributed by atoms with Crippen LogP contribution >= 0.6 is 11.3 Å². The number of aryl methyl sites for hydroxylation is 2. The molecule has 4 aromatic heterocycles. The summed E-state index contributed by atoms with van der Waals surface area (Å²) in [5.41, 5.74) is 4.71. The Balaban J connectivity index is 1.80. The summed E-state index contributed by atoms with van der Waals surface area (Å²) in [7, 11) is 0. The molecule has 0 aliphatic heterocycles. The number of aromatic nitrogens is 6. The van der Waals surface area contributed by atoms with Gasteiger partial charge in [0.2, 0.25) is 0 Å². The number of fused-ring (bicyclic) bond motifs is 1. The van der Waals surface area contributed by atoms with Crippen molar-refractivity contribution in [3.8, 4) is 32.5 Å². The molecule has 0 saturated carbocycles.